The van der Waals surface area contributed by atoms with E-state index in [1.165, 1.54) is 22.9 Å². The number of nitrogen functional groups attached to an aromatic ring is 1. The first-order chi connectivity index (χ1) is 16.0. The predicted octanol–water partition coefficient (Wildman–Crippen LogP) is 2.27. The van der Waals surface area contributed by atoms with Crippen LogP contribution in [0.2, 0.25) is 0 Å². The Kier molecular flexibility index (Phi) is 5.10. The maximum absolute atomic E-state index is 9.95. The van der Waals surface area contributed by atoms with E-state index in [0.29, 0.717) is 17.5 Å². The zero-order chi connectivity index (χ0) is 22.6. The first-order valence-electron chi connectivity index (χ1n) is 11.3. The van der Waals surface area contributed by atoms with Gasteiger partial charge in [-0.3, -0.25) is 0 Å². The van der Waals surface area contributed by atoms with Crippen LogP contribution >= 0.6 is 11.8 Å². The molecule has 0 radical (unpaired) electrons. The summed E-state index contributed by atoms with van der Waals surface area (Å²) in [5.74, 6) is 1.23. The fraction of sp³-hybridized carbons (Fsp3) is 0.333. The standard InChI is InChI=1S/C24H26BN5O2S/c26-21-18-4-2-1-3-15(18)12-24(21)7-9-30(10-8-24)20-13-28-23(22(27)29-20)33-17-6-5-16-14-32-25(31)19(16)11-17/h1-6,11,13,21,31H,7-10,12,14,26H2,(H2,27,29)/t21-/m1/s1. The summed E-state index contributed by atoms with van der Waals surface area (Å²) in [6.45, 7) is 2.22. The molecule has 33 heavy (non-hydrogen) atoms. The number of benzene rings is 2. The predicted molar refractivity (Wildman–Crippen MR) is 130 cm³/mol. The van der Waals surface area contributed by atoms with E-state index < -0.39 is 7.12 Å². The second kappa shape index (κ2) is 8.02. The van der Waals surface area contributed by atoms with E-state index in [4.69, 9.17) is 16.1 Å². The summed E-state index contributed by atoms with van der Waals surface area (Å²) in [6.07, 6.45) is 4.92. The maximum atomic E-state index is 9.95. The Hall–Kier alpha value is -2.59. The summed E-state index contributed by atoms with van der Waals surface area (Å²) in [4.78, 5) is 12.5. The van der Waals surface area contributed by atoms with Crippen molar-refractivity contribution >= 4 is 36.0 Å². The van der Waals surface area contributed by atoms with Crippen molar-refractivity contribution in [1.82, 2.24) is 9.97 Å². The van der Waals surface area contributed by atoms with Crippen molar-refractivity contribution in [1.29, 1.82) is 0 Å². The molecule has 9 heteroatoms. The summed E-state index contributed by atoms with van der Waals surface area (Å²) in [5.41, 5.74) is 17.7. The van der Waals surface area contributed by atoms with Crippen LogP contribution in [0, 0.1) is 5.41 Å². The topological polar surface area (TPSA) is 111 Å². The number of fused-ring (bicyclic) bond motifs is 2. The molecule has 0 saturated carbocycles. The molecule has 0 amide bonds. The maximum Gasteiger partial charge on any atom is 0.491 e. The smallest absolute Gasteiger partial charge is 0.423 e. The van der Waals surface area contributed by atoms with Gasteiger partial charge in [0, 0.05) is 24.0 Å². The van der Waals surface area contributed by atoms with Crippen LogP contribution in [0.25, 0.3) is 0 Å². The molecule has 5 N–H and O–H groups in total. The van der Waals surface area contributed by atoms with Gasteiger partial charge < -0.3 is 26.0 Å². The van der Waals surface area contributed by atoms with E-state index in [1.807, 2.05) is 24.4 Å². The van der Waals surface area contributed by atoms with Crippen LogP contribution in [0.3, 0.4) is 0 Å². The zero-order valence-electron chi connectivity index (χ0n) is 18.3. The number of aromatic nitrogens is 2. The Morgan fingerprint density at radius 3 is 2.76 bits per heavy atom. The van der Waals surface area contributed by atoms with Gasteiger partial charge in [-0.25, -0.2) is 9.97 Å². The molecule has 1 spiro atoms. The van der Waals surface area contributed by atoms with Gasteiger partial charge in [0.05, 0.1) is 12.8 Å². The molecule has 1 aromatic heterocycles. The Balaban J connectivity index is 1.15. The van der Waals surface area contributed by atoms with Gasteiger partial charge >= 0.3 is 7.12 Å². The van der Waals surface area contributed by atoms with Crippen molar-refractivity contribution < 1.29 is 9.68 Å². The summed E-state index contributed by atoms with van der Waals surface area (Å²) in [6, 6.07) is 14.6. The third-order valence-electron chi connectivity index (χ3n) is 7.42. The highest BCUT2D eigenvalue weighted by Crippen LogP contribution is 2.50. The van der Waals surface area contributed by atoms with E-state index in [-0.39, 0.29) is 11.5 Å². The van der Waals surface area contributed by atoms with Crippen LogP contribution in [-0.2, 0) is 17.7 Å². The van der Waals surface area contributed by atoms with Gasteiger partial charge in [0.15, 0.2) is 5.82 Å². The second-order valence-electron chi connectivity index (χ2n) is 9.25. The van der Waals surface area contributed by atoms with Crippen LogP contribution < -0.4 is 21.8 Å². The molecule has 1 saturated heterocycles. The molecule has 0 unspecified atom stereocenters. The van der Waals surface area contributed by atoms with Gasteiger partial charge in [-0.05, 0) is 59.0 Å². The Labute approximate surface area is 197 Å². The van der Waals surface area contributed by atoms with Crippen molar-refractivity contribution in [2.24, 2.45) is 11.1 Å². The average molecular weight is 459 g/mol. The number of rotatable bonds is 3. The molecule has 2 aliphatic heterocycles. The number of nitrogens with zero attached hydrogens (tertiary/aromatic N) is 3. The van der Waals surface area contributed by atoms with E-state index in [0.717, 1.165) is 54.1 Å². The zero-order valence-corrected chi connectivity index (χ0v) is 19.1. The number of hydrogen-bond donors (Lipinski definition) is 3. The van der Waals surface area contributed by atoms with Gasteiger partial charge in [0.1, 0.15) is 10.8 Å². The monoisotopic (exact) mass is 459 g/mol. The Bertz CT molecular complexity index is 1220. The summed E-state index contributed by atoms with van der Waals surface area (Å²) < 4.78 is 5.28. The minimum Gasteiger partial charge on any atom is -0.423 e. The molecule has 3 aliphatic rings. The van der Waals surface area contributed by atoms with Gasteiger partial charge in [-0.1, -0.05) is 42.1 Å². The molecule has 168 valence electrons. The molecule has 2 aromatic carbocycles. The van der Waals surface area contributed by atoms with Crippen LogP contribution in [0.1, 0.15) is 35.6 Å². The third kappa shape index (κ3) is 3.60. The molecule has 1 aliphatic carbocycles. The molecular weight excluding hydrogens is 433 g/mol. The summed E-state index contributed by atoms with van der Waals surface area (Å²) in [7, 11) is -0.866. The molecule has 3 aromatic rings. The van der Waals surface area contributed by atoms with Crippen LogP contribution in [0.4, 0.5) is 11.6 Å². The number of piperidine rings is 1. The average Bonchev–Trinajstić information content (AvgIpc) is 3.33. The second-order valence-corrected chi connectivity index (χ2v) is 10.3. The van der Waals surface area contributed by atoms with Crippen molar-refractivity contribution in [2.75, 3.05) is 23.7 Å². The van der Waals surface area contributed by atoms with Gasteiger partial charge in [-0.2, -0.15) is 0 Å². The SMILES string of the molecule is Nc1nc(N2CCC3(CC2)Cc2ccccc2[C@H]3N)cnc1Sc1ccc2c(c1)B(O)OC2. The molecule has 0 bridgehead atoms. The minimum atomic E-state index is -0.866. The number of anilines is 2. The van der Waals surface area contributed by atoms with Crippen molar-refractivity contribution in [2.45, 2.75) is 41.8 Å². The lowest BCUT2D eigenvalue weighted by atomic mass is 9.73. The highest BCUT2D eigenvalue weighted by atomic mass is 32.2. The Morgan fingerprint density at radius 2 is 1.97 bits per heavy atom. The van der Waals surface area contributed by atoms with Gasteiger partial charge in [0.2, 0.25) is 0 Å². The molecule has 7 nitrogen and oxygen atoms in total. The lowest BCUT2D eigenvalue weighted by Crippen LogP contribution is -2.44. The summed E-state index contributed by atoms with van der Waals surface area (Å²) >= 11 is 1.45. The first-order valence-corrected chi connectivity index (χ1v) is 12.2. The quantitative estimate of drug-likeness (QED) is 0.512. The lowest BCUT2D eigenvalue weighted by molar-refractivity contribution is 0.187. The van der Waals surface area contributed by atoms with E-state index in [9.17, 15) is 5.02 Å². The molecule has 6 rings (SSSR count). The molecule has 3 heterocycles. The fourth-order valence-corrected chi connectivity index (χ4v) is 6.27. The first kappa shape index (κ1) is 21.0. The van der Waals surface area contributed by atoms with Crippen molar-refractivity contribution in [3.05, 3.63) is 65.4 Å². The third-order valence-corrected chi connectivity index (χ3v) is 8.42. The minimum absolute atomic E-state index is 0.0991. The molecule has 1 fully saturated rings. The highest BCUT2D eigenvalue weighted by Gasteiger charge is 2.45. The summed E-state index contributed by atoms with van der Waals surface area (Å²) in [5, 5.41) is 10.6. The normalized spacial score (nSPS) is 20.8. The van der Waals surface area contributed by atoms with E-state index in [1.54, 1.807) is 0 Å². The van der Waals surface area contributed by atoms with E-state index in [2.05, 4.69) is 39.1 Å². The largest absolute Gasteiger partial charge is 0.491 e. The molecule has 1 atom stereocenters. The van der Waals surface area contributed by atoms with Crippen LogP contribution in [-0.4, -0.2) is 35.2 Å². The van der Waals surface area contributed by atoms with Crippen LogP contribution in [0.15, 0.2) is 58.6 Å². The van der Waals surface area contributed by atoms with E-state index >= 15 is 0 Å². The van der Waals surface area contributed by atoms with Crippen LogP contribution in [0.5, 0.6) is 0 Å². The van der Waals surface area contributed by atoms with Gasteiger partial charge in [0.25, 0.3) is 0 Å². The highest BCUT2D eigenvalue weighted by molar-refractivity contribution is 7.99. The van der Waals surface area contributed by atoms with Gasteiger partial charge in [-0.15, -0.1) is 0 Å². The number of nitrogens with two attached hydrogens (primary N) is 2. The molecular formula is C24H26BN5O2S. The van der Waals surface area contributed by atoms with Crippen molar-refractivity contribution in [3.8, 4) is 0 Å². The number of hydrogen-bond acceptors (Lipinski definition) is 8. The van der Waals surface area contributed by atoms with Crippen molar-refractivity contribution in [3.63, 3.8) is 0 Å². The lowest BCUT2D eigenvalue weighted by Gasteiger charge is -2.42. The fourth-order valence-electron chi connectivity index (χ4n) is 5.47. The Morgan fingerprint density at radius 1 is 1.15 bits per heavy atom.